The first-order valence-corrected chi connectivity index (χ1v) is 17.8. The van der Waals surface area contributed by atoms with Gasteiger partial charge in [-0.05, 0) is 129 Å². The predicted molar refractivity (Wildman–Crippen MR) is 171 cm³/mol. The van der Waals surface area contributed by atoms with E-state index in [1.54, 1.807) is 11.1 Å². The molecule has 0 aliphatic heterocycles. The first-order valence-electron chi connectivity index (χ1n) is 17.8. The zero-order valence-electron chi connectivity index (χ0n) is 28.4. The summed E-state index contributed by atoms with van der Waals surface area (Å²) in [5, 5.41) is 23.5. The number of hydrogen-bond acceptors (Lipinski definition) is 4. The fourth-order valence-corrected chi connectivity index (χ4v) is 12.0. The van der Waals surface area contributed by atoms with E-state index in [2.05, 4.69) is 59.9 Å². The first kappa shape index (κ1) is 33.0. The van der Waals surface area contributed by atoms with E-state index in [1.807, 2.05) is 0 Å². The number of amides is 2. The zero-order valence-corrected chi connectivity index (χ0v) is 28.4. The van der Waals surface area contributed by atoms with Crippen LogP contribution in [0.15, 0.2) is 11.6 Å². The smallest absolute Gasteiger partial charge is 0.243 e. The Morgan fingerprint density at radius 1 is 0.837 bits per heavy atom. The third kappa shape index (κ3) is 5.22. The summed E-state index contributed by atoms with van der Waals surface area (Å²) in [4.78, 5) is 24.5. The molecule has 0 aromatic rings. The van der Waals surface area contributed by atoms with Crippen molar-refractivity contribution >= 4 is 11.8 Å². The highest BCUT2D eigenvalue weighted by atomic mass is 16.5. The zero-order chi connectivity index (χ0) is 31.4. The van der Waals surface area contributed by atoms with Crippen molar-refractivity contribution in [2.45, 2.75) is 156 Å². The van der Waals surface area contributed by atoms with Crippen LogP contribution in [0.25, 0.3) is 0 Å². The molecule has 6 nitrogen and oxygen atoms in total. The Labute approximate surface area is 261 Å². The predicted octanol–water partition coefficient (Wildman–Crippen LogP) is 7.72. The molecule has 5 rings (SSSR count). The number of carbonyl (C=O) groups is 2. The number of aliphatic hydroxyl groups excluding tert-OH is 1. The molecule has 0 aromatic heterocycles. The van der Waals surface area contributed by atoms with Gasteiger partial charge in [0.1, 0.15) is 0 Å². The molecule has 0 aromatic carbocycles. The number of hydrogen-bond donors (Lipinski definition) is 4. The van der Waals surface area contributed by atoms with E-state index in [9.17, 15) is 14.7 Å². The fraction of sp³-hybridized carbons (Fsp3) is 0.892. The van der Waals surface area contributed by atoms with Crippen LogP contribution in [0.3, 0.4) is 0 Å². The monoisotopic (exact) mass is 598 g/mol. The molecule has 5 aliphatic rings. The van der Waals surface area contributed by atoms with Crippen LogP contribution in [0, 0.1) is 51.2 Å². The molecule has 2 amide bonds. The van der Waals surface area contributed by atoms with Gasteiger partial charge in [0, 0.05) is 12.8 Å². The topological polar surface area (TPSA) is 98.7 Å². The van der Waals surface area contributed by atoms with Crippen LogP contribution in [-0.2, 0) is 9.59 Å². The minimum absolute atomic E-state index is 0.0389. The number of unbranched alkanes of at least 4 members (excludes halogenated alkanes) is 3. The lowest BCUT2D eigenvalue weighted by molar-refractivity contribution is -0.193. The normalized spacial score (nSPS) is 47.2. The second kappa shape index (κ2) is 11.8. The average molecular weight is 599 g/mol. The number of aliphatic hydroxyl groups is 1. The third-order valence-corrected chi connectivity index (χ3v) is 15.1. The Kier molecular flexibility index (Phi) is 9.01. The molecule has 43 heavy (non-hydrogen) atoms. The van der Waals surface area contributed by atoms with Gasteiger partial charge in [-0.15, -0.1) is 0 Å². The highest BCUT2D eigenvalue weighted by Crippen LogP contribution is 2.75. The van der Waals surface area contributed by atoms with Crippen LogP contribution in [0.5, 0.6) is 0 Å². The Bertz CT molecular complexity index is 1110. The summed E-state index contributed by atoms with van der Waals surface area (Å²) in [6.45, 7) is 17.5. The van der Waals surface area contributed by atoms with Gasteiger partial charge in [0.05, 0.1) is 11.6 Å². The number of allylic oxidation sites excluding steroid dienone is 2. The minimum Gasteiger partial charge on any atom is -0.391 e. The van der Waals surface area contributed by atoms with E-state index in [0.717, 1.165) is 56.8 Å². The van der Waals surface area contributed by atoms with Crippen molar-refractivity contribution in [3.63, 3.8) is 0 Å². The summed E-state index contributed by atoms with van der Waals surface area (Å²) in [6.07, 6.45) is 16.6. The van der Waals surface area contributed by atoms with Crippen LogP contribution >= 0.6 is 0 Å². The summed E-state index contributed by atoms with van der Waals surface area (Å²) in [5.74, 6) is 2.70. The Balaban J connectivity index is 1.33. The van der Waals surface area contributed by atoms with Gasteiger partial charge < -0.3 is 10.4 Å². The van der Waals surface area contributed by atoms with E-state index in [-0.39, 0.29) is 34.0 Å². The third-order valence-electron chi connectivity index (χ3n) is 15.1. The van der Waals surface area contributed by atoms with Crippen molar-refractivity contribution < 1.29 is 19.9 Å². The van der Waals surface area contributed by atoms with Gasteiger partial charge >= 0.3 is 0 Å². The summed E-state index contributed by atoms with van der Waals surface area (Å²) in [5.41, 5.74) is 3.80. The lowest BCUT2D eigenvalue weighted by Gasteiger charge is -2.71. The standard InChI is InChI=1S/C37H62N2O4/c1-24-16-19-33(3)22-23-35(5)26(32(33)25(24)2)14-15-27-34(4)20-18-29(40)37(7,28(34)17-21-36(27,35)6)38-30(41)12-10-8-9-11-13-31(42)39-43/h14,24-25,27-29,32,40,43H,8-13,15-23H2,1-7H3,(H,38,41)(H,39,42)/t24-,25+,27-,28-,29-,32+,33-,34-,35-,36-,37-/m1/s1. The van der Waals surface area contributed by atoms with Gasteiger partial charge in [-0.3, -0.25) is 14.8 Å². The number of nitrogens with one attached hydrogen (secondary N) is 2. The van der Waals surface area contributed by atoms with Crippen LogP contribution in [-0.4, -0.2) is 33.8 Å². The summed E-state index contributed by atoms with van der Waals surface area (Å²) in [6, 6.07) is 0. The second-order valence-corrected chi connectivity index (χ2v) is 17.1. The summed E-state index contributed by atoms with van der Waals surface area (Å²) >= 11 is 0. The molecular weight excluding hydrogens is 536 g/mol. The van der Waals surface area contributed by atoms with Crippen LogP contribution in [0.2, 0.25) is 0 Å². The molecule has 4 fully saturated rings. The molecule has 6 heteroatoms. The molecule has 4 N–H and O–H groups in total. The van der Waals surface area contributed by atoms with E-state index in [1.165, 1.54) is 32.1 Å². The number of rotatable bonds is 8. The van der Waals surface area contributed by atoms with Crippen LogP contribution < -0.4 is 10.8 Å². The van der Waals surface area contributed by atoms with Crippen molar-refractivity contribution in [3.8, 4) is 0 Å². The molecule has 4 saturated carbocycles. The molecule has 5 aliphatic carbocycles. The molecule has 0 radical (unpaired) electrons. The second-order valence-electron chi connectivity index (χ2n) is 17.1. The Hall–Kier alpha value is -1.40. The molecule has 0 heterocycles. The van der Waals surface area contributed by atoms with E-state index >= 15 is 0 Å². The highest BCUT2D eigenvalue weighted by molar-refractivity contribution is 5.77. The van der Waals surface area contributed by atoms with Crippen molar-refractivity contribution in [2.75, 3.05) is 0 Å². The van der Waals surface area contributed by atoms with E-state index in [4.69, 9.17) is 5.21 Å². The lowest BCUT2D eigenvalue weighted by Crippen LogP contribution is -2.71. The van der Waals surface area contributed by atoms with Crippen LogP contribution in [0.4, 0.5) is 0 Å². The van der Waals surface area contributed by atoms with Crippen molar-refractivity contribution in [1.29, 1.82) is 0 Å². The van der Waals surface area contributed by atoms with Crippen molar-refractivity contribution in [1.82, 2.24) is 10.8 Å². The van der Waals surface area contributed by atoms with E-state index < -0.39 is 11.6 Å². The number of hydroxylamine groups is 1. The molecular formula is C37H62N2O4. The maximum Gasteiger partial charge on any atom is 0.243 e. The van der Waals surface area contributed by atoms with Gasteiger partial charge in [-0.2, -0.15) is 0 Å². The molecule has 0 saturated heterocycles. The average Bonchev–Trinajstić information content (AvgIpc) is 2.95. The van der Waals surface area contributed by atoms with Gasteiger partial charge in [-0.1, -0.05) is 66.0 Å². The molecule has 0 spiro atoms. The summed E-state index contributed by atoms with van der Waals surface area (Å²) in [7, 11) is 0. The first-order chi connectivity index (χ1) is 20.2. The number of carbonyl (C=O) groups excluding carboxylic acids is 2. The van der Waals surface area contributed by atoms with Gasteiger partial charge in [-0.25, -0.2) is 5.48 Å². The van der Waals surface area contributed by atoms with Crippen molar-refractivity contribution in [3.05, 3.63) is 11.6 Å². The molecule has 11 atom stereocenters. The quantitative estimate of drug-likeness (QED) is 0.0995. The Morgan fingerprint density at radius 2 is 1.51 bits per heavy atom. The minimum atomic E-state index is -0.617. The lowest BCUT2D eigenvalue weighted by atomic mass is 9.34. The highest BCUT2D eigenvalue weighted by Gasteiger charge is 2.68. The van der Waals surface area contributed by atoms with Gasteiger partial charge in [0.2, 0.25) is 11.8 Å². The SMILES string of the molecule is C[C@H]1[C@H](C)CC[C@]2(C)CC[C@]3(C)C(=CC[C@@H]4[C@@]5(C)CC[C@@H](O)[C@](C)(NC(=O)CCCCCCC(=O)NO)[C@@H]5CC[C@]43C)[C@H]12. The molecule has 0 unspecified atom stereocenters. The van der Waals surface area contributed by atoms with Gasteiger partial charge in [0.25, 0.3) is 0 Å². The maximum atomic E-state index is 13.3. The Morgan fingerprint density at radius 3 is 2.19 bits per heavy atom. The summed E-state index contributed by atoms with van der Waals surface area (Å²) < 4.78 is 0. The van der Waals surface area contributed by atoms with E-state index in [0.29, 0.717) is 36.5 Å². The largest absolute Gasteiger partial charge is 0.391 e. The maximum absolute atomic E-state index is 13.3. The fourth-order valence-electron chi connectivity index (χ4n) is 12.0. The van der Waals surface area contributed by atoms with Gasteiger partial charge in [0.15, 0.2) is 0 Å². The molecule has 244 valence electrons. The molecule has 0 bridgehead atoms. The van der Waals surface area contributed by atoms with Crippen LogP contribution in [0.1, 0.15) is 145 Å². The number of fused-ring (bicyclic) bond motifs is 7. The van der Waals surface area contributed by atoms with Crippen molar-refractivity contribution in [2.24, 2.45) is 51.2 Å².